The van der Waals surface area contributed by atoms with Gasteiger partial charge in [0.1, 0.15) is 5.75 Å². The number of nitrogens with one attached hydrogen (secondary N) is 1. The predicted octanol–water partition coefficient (Wildman–Crippen LogP) is 0.342. The van der Waals surface area contributed by atoms with Crippen molar-refractivity contribution in [1.29, 1.82) is 0 Å². The van der Waals surface area contributed by atoms with Crippen LogP contribution < -0.4 is 15.8 Å². The topological polar surface area (TPSA) is 93.8 Å². The molecule has 24 heavy (non-hydrogen) atoms. The second kappa shape index (κ2) is 6.77. The summed E-state index contributed by atoms with van der Waals surface area (Å²) in [5.41, 5.74) is 1.08. The number of ether oxygens (including phenoxy) is 1. The first-order valence-electron chi connectivity index (χ1n) is 7.80. The van der Waals surface area contributed by atoms with E-state index in [2.05, 4.69) is 5.32 Å². The number of rotatable bonds is 6. The third-order valence-corrected chi connectivity index (χ3v) is 4.04. The summed E-state index contributed by atoms with van der Waals surface area (Å²) in [6.45, 7) is 1.26. The van der Waals surface area contributed by atoms with Crippen LogP contribution >= 0.6 is 0 Å². The number of hydrogen-bond acceptors (Lipinski definition) is 5. The number of hydrogen-bond donors (Lipinski definition) is 1. The maximum absolute atomic E-state index is 11.9. The standard InChI is InChI=1S/C16H19N3O5/c1-23-11-4-5-12-13(9-11)24-16(22)19(12)8-6-17-14(20)10-18-7-2-3-15(18)21/h4-5,9H,2-3,6-8,10H2,1H3,(H,17,20). The van der Waals surface area contributed by atoms with E-state index in [4.69, 9.17) is 9.15 Å². The second-order valence-corrected chi connectivity index (χ2v) is 5.62. The van der Waals surface area contributed by atoms with E-state index >= 15 is 0 Å². The molecular weight excluding hydrogens is 314 g/mol. The molecule has 0 bridgehead atoms. The van der Waals surface area contributed by atoms with Crippen LogP contribution in [0, 0.1) is 0 Å². The zero-order valence-corrected chi connectivity index (χ0v) is 13.4. The van der Waals surface area contributed by atoms with E-state index in [1.165, 1.54) is 11.7 Å². The molecule has 1 aliphatic rings. The number of nitrogens with zero attached hydrogens (tertiary/aromatic N) is 2. The summed E-state index contributed by atoms with van der Waals surface area (Å²) < 4.78 is 11.7. The van der Waals surface area contributed by atoms with E-state index < -0.39 is 5.76 Å². The number of oxazole rings is 1. The smallest absolute Gasteiger partial charge is 0.420 e. The monoisotopic (exact) mass is 333 g/mol. The molecule has 1 aliphatic heterocycles. The quantitative estimate of drug-likeness (QED) is 0.823. The van der Waals surface area contributed by atoms with Crippen molar-refractivity contribution < 1.29 is 18.7 Å². The summed E-state index contributed by atoms with van der Waals surface area (Å²) in [5, 5.41) is 2.72. The molecule has 0 atom stereocenters. The first-order chi connectivity index (χ1) is 11.6. The van der Waals surface area contributed by atoms with Gasteiger partial charge >= 0.3 is 5.76 Å². The Kier molecular flexibility index (Phi) is 4.54. The molecule has 2 amide bonds. The van der Waals surface area contributed by atoms with Crippen molar-refractivity contribution in [1.82, 2.24) is 14.8 Å². The fourth-order valence-corrected chi connectivity index (χ4v) is 2.79. The van der Waals surface area contributed by atoms with Crippen molar-refractivity contribution in [3.8, 4) is 5.75 Å². The molecule has 0 saturated carbocycles. The average molecular weight is 333 g/mol. The Bertz CT molecular complexity index is 823. The number of carbonyl (C=O) groups is 2. The van der Waals surface area contributed by atoms with E-state index in [0.717, 1.165) is 6.42 Å². The van der Waals surface area contributed by atoms with Gasteiger partial charge in [0.25, 0.3) is 0 Å². The summed E-state index contributed by atoms with van der Waals surface area (Å²) in [7, 11) is 1.54. The van der Waals surface area contributed by atoms with Gasteiger partial charge in [-0.15, -0.1) is 0 Å². The molecule has 1 saturated heterocycles. The summed E-state index contributed by atoms with van der Waals surface area (Å²) in [6, 6.07) is 5.12. The second-order valence-electron chi connectivity index (χ2n) is 5.62. The molecule has 0 spiro atoms. The minimum atomic E-state index is -0.484. The SMILES string of the molecule is COc1ccc2c(c1)oc(=O)n2CCNC(=O)CN1CCCC1=O. The third kappa shape index (κ3) is 3.27. The first-order valence-corrected chi connectivity index (χ1v) is 7.80. The third-order valence-electron chi connectivity index (χ3n) is 4.04. The minimum absolute atomic E-state index is 0.0103. The lowest BCUT2D eigenvalue weighted by Gasteiger charge is -2.14. The highest BCUT2D eigenvalue weighted by atomic mass is 16.5. The van der Waals surface area contributed by atoms with Crippen molar-refractivity contribution >= 4 is 22.9 Å². The van der Waals surface area contributed by atoms with E-state index in [-0.39, 0.29) is 31.4 Å². The van der Waals surface area contributed by atoms with Crippen LogP contribution in [-0.4, -0.2) is 48.0 Å². The van der Waals surface area contributed by atoms with Gasteiger partial charge in [0, 0.05) is 32.1 Å². The highest BCUT2D eigenvalue weighted by Gasteiger charge is 2.22. The fraction of sp³-hybridized carbons (Fsp3) is 0.438. The Morgan fingerprint density at radius 2 is 2.21 bits per heavy atom. The van der Waals surface area contributed by atoms with Crippen molar-refractivity contribution in [3.05, 3.63) is 28.7 Å². The molecule has 0 aliphatic carbocycles. The van der Waals surface area contributed by atoms with Crippen LogP contribution in [0.1, 0.15) is 12.8 Å². The lowest BCUT2D eigenvalue weighted by atomic mass is 10.3. The lowest BCUT2D eigenvalue weighted by molar-refractivity contribution is -0.133. The lowest BCUT2D eigenvalue weighted by Crippen LogP contribution is -2.39. The number of benzene rings is 1. The zero-order chi connectivity index (χ0) is 17.1. The number of amides is 2. The molecule has 1 N–H and O–H groups in total. The van der Waals surface area contributed by atoms with Crippen LogP contribution in [-0.2, 0) is 16.1 Å². The van der Waals surface area contributed by atoms with Gasteiger partial charge < -0.3 is 19.4 Å². The Labute approximate surface area is 138 Å². The molecular formula is C16H19N3O5. The molecule has 8 heteroatoms. The van der Waals surface area contributed by atoms with Crippen LogP contribution in [0.3, 0.4) is 0 Å². The number of aromatic nitrogens is 1. The first kappa shape index (κ1) is 16.1. The van der Waals surface area contributed by atoms with Gasteiger partial charge in [-0.05, 0) is 18.6 Å². The molecule has 1 aromatic carbocycles. The van der Waals surface area contributed by atoms with E-state index in [1.54, 1.807) is 23.1 Å². The van der Waals surface area contributed by atoms with Crippen LogP contribution in [0.25, 0.3) is 11.1 Å². The molecule has 2 aromatic rings. The maximum atomic E-state index is 11.9. The average Bonchev–Trinajstić information content (AvgIpc) is 3.10. The number of fused-ring (bicyclic) bond motifs is 1. The molecule has 1 aromatic heterocycles. The predicted molar refractivity (Wildman–Crippen MR) is 85.8 cm³/mol. The van der Waals surface area contributed by atoms with Gasteiger partial charge in [0.05, 0.1) is 19.2 Å². The Balaban J connectivity index is 1.59. The molecule has 0 radical (unpaired) electrons. The highest BCUT2D eigenvalue weighted by Crippen LogP contribution is 2.19. The number of carbonyl (C=O) groups excluding carboxylic acids is 2. The zero-order valence-electron chi connectivity index (χ0n) is 13.4. The Hall–Kier alpha value is -2.77. The van der Waals surface area contributed by atoms with Crippen LogP contribution in [0.15, 0.2) is 27.4 Å². The Morgan fingerprint density at radius 1 is 1.38 bits per heavy atom. The van der Waals surface area contributed by atoms with Gasteiger partial charge in [-0.3, -0.25) is 14.2 Å². The van der Waals surface area contributed by atoms with E-state index in [0.29, 0.717) is 29.8 Å². The van der Waals surface area contributed by atoms with Crippen LogP contribution in [0.4, 0.5) is 0 Å². The van der Waals surface area contributed by atoms with Crippen molar-refractivity contribution in [2.75, 3.05) is 26.7 Å². The number of methoxy groups -OCH3 is 1. The Morgan fingerprint density at radius 3 is 2.92 bits per heavy atom. The highest BCUT2D eigenvalue weighted by molar-refractivity contribution is 5.85. The van der Waals surface area contributed by atoms with Crippen molar-refractivity contribution in [2.45, 2.75) is 19.4 Å². The maximum Gasteiger partial charge on any atom is 0.420 e. The van der Waals surface area contributed by atoms with Gasteiger partial charge in [0.2, 0.25) is 11.8 Å². The van der Waals surface area contributed by atoms with E-state index in [1.807, 2.05) is 0 Å². The number of likely N-dealkylation sites (tertiary alicyclic amines) is 1. The van der Waals surface area contributed by atoms with E-state index in [9.17, 15) is 14.4 Å². The fourth-order valence-electron chi connectivity index (χ4n) is 2.79. The summed E-state index contributed by atoms with van der Waals surface area (Å²) in [4.78, 5) is 36.8. The van der Waals surface area contributed by atoms with Crippen LogP contribution in [0.5, 0.6) is 5.75 Å². The van der Waals surface area contributed by atoms with Crippen molar-refractivity contribution in [2.24, 2.45) is 0 Å². The summed E-state index contributed by atoms with van der Waals surface area (Å²) >= 11 is 0. The van der Waals surface area contributed by atoms with Gasteiger partial charge in [-0.25, -0.2) is 4.79 Å². The minimum Gasteiger partial charge on any atom is -0.497 e. The molecule has 0 unspecified atom stereocenters. The molecule has 1 fully saturated rings. The van der Waals surface area contributed by atoms with Crippen LogP contribution in [0.2, 0.25) is 0 Å². The molecule has 3 rings (SSSR count). The van der Waals surface area contributed by atoms with Gasteiger partial charge in [-0.1, -0.05) is 0 Å². The summed E-state index contributed by atoms with van der Waals surface area (Å²) in [5.74, 6) is -0.0990. The van der Waals surface area contributed by atoms with Gasteiger partial charge in [0.15, 0.2) is 5.58 Å². The van der Waals surface area contributed by atoms with Crippen molar-refractivity contribution in [3.63, 3.8) is 0 Å². The van der Waals surface area contributed by atoms with Gasteiger partial charge in [-0.2, -0.15) is 0 Å². The molecule has 8 nitrogen and oxygen atoms in total. The molecule has 2 heterocycles. The molecule has 128 valence electrons. The summed E-state index contributed by atoms with van der Waals surface area (Å²) in [6.07, 6.45) is 1.30. The largest absolute Gasteiger partial charge is 0.497 e. The normalized spacial score (nSPS) is 14.4.